The van der Waals surface area contributed by atoms with E-state index in [1.165, 1.54) is 0 Å². The van der Waals surface area contributed by atoms with Crippen LogP contribution in [0.4, 0.5) is 0 Å². The molecule has 1 aliphatic carbocycles. The minimum absolute atomic E-state index is 0.178. The van der Waals surface area contributed by atoms with Crippen molar-refractivity contribution in [1.29, 1.82) is 0 Å². The summed E-state index contributed by atoms with van der Waals surface area (Å²) in [7, 11) is -3.13. The van der Waals surface area contributed by atoms with E-state index in [4.69, 9.17) is 4.42 Å². The smallest absolute Gasteiger partial charge is 0.217 e. The quantitative estimate of drug-likeness (QED) is 0.802. The van der Waals surface area contributed by atoms with E-state index in [0.717, 1.165) is 29.4 Å². The zero-order chi connectivity index (χ0) is 16.0. The Balaban J connectivity index is 1.66. The molecule has 0 spiro atoms. The fourth-order valence-corrected chi connectivity index (χ4v) is 4.75. The van der Waals surface area contributed by atoms with Gasteiger partial charge in [-0.15, -0.1) is 0 Å². The van der Waals surface area contributed by atoms with Crippen LogP contribution in [0.5, 0.6) is 0 Å². The van der Waals surface area contributed by atoms with Crippen LogP contribution in [0, 0.1) is 0 Å². The van der Waals surface area contributed by atoms with Crippen molar-refractivity contribution in [3.63, 3.8) is 0 Å². The Hall–Kier alpha value is -1.99. The van der Waals surface area contributed by atoms with Gasteiger partial charge in [0.05, 0.1) is 5.25 Å². The first-order chi connectivity index (χ1) is 11.1. The molecule has 0 aromatic carbocycles. The highest BCUT2D eigenvalue weighted by Crippen LogP contribution is 2.34. The number of rotatable bonds is 4. The highest BCUT2D eigenvalue weighted by atomic mass is 32.2. The number of furan rings is 1. The molecule has 0 radical (unpaired) electrons. The molecule has 6 nitrogen and oxygen atoms in total. The molecule has 120 valence electrons. The summed E-state index contributed by atoms with van der Waals surface area (Å²) in [5.74, 6) is 0.267. The molecule has 7 heteroatoms. The molecule has 0 N–H and O–H groups in total. The Kier molecular flexibility index (Phi) is 3.35. The van der Waals surface area contributed by atoms with Gasteiger partial charge in [-0.05, 0) is 30.9 Å². The van der Waals surface area contributed by atoms with Gasteiger partial charge in [0.2, 0.25) is 10.0 Å². The average Bonchev–Trinajstić information content (AvgIpc) is 3.34. The van der Waals surface area contributed by atoms with Crippen molar-refractivity contribution in [3.8, 4) is 0 Å². The number of carbonyl (C=O) groups excluding carboxylic acids is 1. The number of hydrogen-bond acceptors (Lipinski definition) is 5. The summed E-state index contributed by atoms with van der Waals surface area (Å²) in [5, 5.41) is 0.598. The predicted octanol–water partition coefficient (Wildman–Crippen LogP) is 2.22. The first-order valence-electron chi connectivity index (χ1n) is 7.60. The second kappa shape index (κ2) is 5.28. The number of aldehydes is 1. The van der Waals surface area contributed by atoms with E-state index in [2.05, 4.69) is 4.98 Å². The van der Waals surface area contributed by atoms with Crippen LogP contribution in [0.1, 0.15) is 35.4 Å². The van der Waals surface area contributed by atoms with E-state index in [1.807, 2.05) is 6.08 Å². The Labute approximate surface area is 133 Å². The molecule has 3 heterocycles. The minimum Gasteiger partial charge on any atom is -0.453 e. The summed E-state index contributed by atoms with van der Waals surface area (Å²) in [6.07, 6.45) is 8.12. The molecule has 2 aromatic heterocycles. The van der Waals surface area contributed by atoms with Gasteiger partial charge in [-0.1, -0.05) is 6.08 Å². The first kappa shape index (κ1) is 14.6. The summed E-state index contributed by atoms with van der Waals surface area (Å²) in [5.41, 5.74) is 2.48. The van der Waals surface area contributed by atoms with Crippen LogP contribution in [0.2, 0.25) is 0 Å². The van der Waals surface area contributed by atoms with Crippen LogP contribution in [0.25, 0.3) is 16.5 Å². The number of pyridine rings is 1. The number of carbonyl (C=O) groups is 1. The second-order valence-electron chi connectivity index (χ2n) is 5.95. The molecule has 23 heavy (non-hydrogen) atoms. The number of nitrogens with zero attached hydrogens (tertiary/aromatic N) is 2. The lowest BCUT2D eigenvalue weighted by Crippen LogP contribution is -2.36. The van der Waals surface area contributed by atoms with Gasteiger partial charge in [-0.25, -0.2) is 8.42 Å². The maximum absolute atomic E-state index is 12.3. The molecule has 2 aromatic rings. The Morgan fingerprint density at radius 3 is 2.78 bits per heavy atom. The van der Waals surface area contributed by atoms with Crippen LogP contribution in [0.15, 0.2) is 29.0 Å². The van der Waals surface area contributed by atoms with Crippen molar-refractivity contribution in [2.45, 2.75) is 24.5 Å². The van der Waals surface area contributed by atoms with Crippen molar-refractivity contribution in [2.24, 2.45) is 0 Å². The maximum Gasteiger partial charge on any atom is 0.217 e. The van der Waals surface area contributed by atoms with Gasteiger partial charge >= 0.3 is 0 Å². The zero-order valence-corrected chi connectivity index (χ0v) is 13.3. The summed E-state index contributed by atoms with van der Waals surface area (Å²) in [6.45, 7) is 0.855. The van der Waals surface area contributed by atoms with E-state index in [9.17, 15) is 13.2 Å². The predicted molar refractivity (Wildman–Crippen MR) is 85.5 cm³/mol. The third-order valence-corrected chi connectivity index (χ3v) is 6.75. The van der Waals surface area contributed by atoms with Gasteiger partial charge in [0, 0.05) is 36.4 Å². The summed E-state index contributed by atoms with van der Waals surface area (Å²) >= 11 is 0. The molecule has 0 bridgehead atoms. The highest BCUT2D eigenvalue weighted by Gasteiger charge is 2.40. The topological polar surface area (TPSA) is 80.5 Å². The Morgan fingerprint density at radius 1 is 1.30 bits per heavy atom. The highest BCUT2D eigenvalue weighted by molar-refractivity contribution is 7.90. The summed E-state index contributed by atoms with van der Waals surface area (Å²) in [6, 6.07) is 1.66. The molecule has 0 saturated heterocycles. The van der Waals surface area contributed by atoms with Crippen LogP contribution in [0.3, 0.4) is 0 Å². The Morgan fingerprint density at radius 2 is 2.13 bits per heavy atom. The Bertz CT molecular complexity index is 909. The van der Waals surface area contributed by atoms with E-state index in [-0.39, 0.29) is 11.0 Å². The average molecular weight is 332 g/mol. The number of hydrogen-bond donors (Lipinski definition) is 0. The summed E-state index contributed by atoms with van der Waals surface area (Å²) < 4.78 is 31.7. The van der Waals surface area contributed by atoms with Gasteiger partial charge in [-0.2, -0.15) is 4.31 Å². The van der Waals surface area contributed by atoms with Gasteiger partial charge in [0.15, 0.2) is 12.0 Å². The molecule has 1 fully saturated rings. The van der Waals surface area contributed by atoms with Crippen LogP contribution in [-0.2, 0) is 10.0 Å². The van der Waals surface area contributed by atoms with Crippen molar-refractivity contribution >= 4 is 32.9 Å². The molecule has 2 aliphatic rings. The number of fused-ring (bicyclic) bond motifs is 1. The van der Waals surface area contributed by atoms with Crippen molar-refractivity contribution in [3.05, 3.63) is 35.9 Å². The van der Waals surface area contributed by atoms with Gasteiger partial charge in [0.25, 0.3) is 0 Å². The lowest BCUT2D eigenvalue weighted by atomic mass is 10.0. The monoisotopic (exact) mass is 332 g/mol. The molecule has 0 amide bonds. The molecule has 0 unspecified atom stereocenters. The van der Waals surface area contributed by atoms with E-state index in [1.54, 1.807) is 22.8 Å². The van der Waals surface area contributed by atoms with Crippen LogP contribution < -0.4 is 0 Å². The lowest BCUT2D eigenvalue weighted by Gasteiger charge is -2.25. The van der Waals surface area contributed by atoms with Crippen LogP contribution >= 0.6 is 0 Å². The van der Waals surface area contributed by atoms with Crippen molar-refractivity contribution in [2.75, 3.05) is 13.1 Å². The van der Waals surface area contributed by atoms with Gasteiger partial charge < -0.3 is 4.42 Å². The molecular formula is C16H16N2O4S. The minimum atomic E-state index is -3.13. The number of aromatic nitrogens is 1. The standard InChI is InChI=1S/C16H16N2O4S/c19-10-13-7-12-8-17-9-15(16(12)22-13)11-3-5-18(6-4-11)23(20,21)14-1-2-14/h3,7-10,14H,1-2,4-6H2. The van der Waals surface area contributed by atoms with E-state index >= 15 is 0 Å². The van der Waals surface area contributed by atoms with E-state index < -0.39 is 10.0 Å². The van der Waals surface area contributed by atoms with Crippen LogP contribution in [-0.4, -0.2) is 42.3 Å². The largest absolute Gasteiger partial charge is 0.453 e. The SMILES string of the molecule is O=Cc1cc2cncc(C3=CCN(S(=O)(=O)C4CC4)CC3)c2o1. The van der Waals surface area contributed by atoms with Crippen molar-refractivity contribution in [1.82, 2.24) is 9.29 Å². The van der Waals surface area contributed by atoms with Crippen molar-refractivity contribution < 1.29 is 17.6 Å². The fourth-order valence-electron chi connectivity index (χ4n) is 2.97. The third-order valence-electron chi connectivity index (χ3n) is 4.38. The third kappa shape index (κ3) is 2.49. The van der Waals surface area contributed by atoms with E-state index in [0.29, 0.717) is 31.4 Å². The van der Waals surface area contributed by atoms with Gasteiger partial charge in [-0.3, -0.25) is 9.78 Å². The first-order valence-corrected chi connectivity index (χ1v) is 9.11. The maximum atomic E-state index is 12.3. The molecule has 4 rings (SSSR count). The normalized spacial score (nSPS) is 19.7. The van der Waals surface area contributed by atoms with Gasteiger partial charge in [0.1, 0.15) is 5.58 Å². The molecule has 0 atom stereocenters. The molecule has 1 aliphatic heterocycles. The number of sulfonamides is 1. The zero-order valence-electron chi connectivity index (χ0n) is 12.4. The lowest BCUT2D eigenvalue weighted by molar-refractivity contribution is 0.110. The second-order valence-corrected chi connectivity index (χ2v) is 8.17. The summed E-state index contributed by atoms with van der Waals surface area (Å²) in [4.78, 5) is 15.1. The molecular weight excluding hydrogens is 316 g/mol. The fraction of sp³-hybridized carbons (Fsp3) is 0.375. The molecule has 1 saturated carbocycles.